The Bertz CT molecular complexity index is 935. The summed E-state index contributed by atoms with van der Waals surface area (Å²) in [4.78, 5) is 18.7. The lowest BCUT2D eigenvalue weighted by Gasteiger charge is -2.20. The molecule has 0 saturated carbocycles. The van der Waals surface area contributed by atoms with Crippen molar-refractivity contribution in [3.05, 3.63) is 65.7 Å². The van der Waals surface area contributed by atoms with Crippen LogP contribution in [0.15, 0.2) is 64.9 Å². The number of Topliss-reactive ketones (excluding diaryl/α,β-unsaturated/α-hetero) is 1. The van der Waals surface area contributed by atoms with E-state index in [1.165, 1.54) is 17.4 Å². The molecular formula is C21H24N6OS. The van der Waals surface area contributed by atoms with E-state index in [4.69, 9.17) is 0 Å². The van der Waals surface area contributed by atoms with Crippen LogP contribution >= 0.6 is 11.8 Å². The molecule has 2 N–H and O–H groups in total. The van der Waals surface area contributed by atoms with Gasteiger partial charge >= 0.3 is 0 Å². The van der Waals surface area contributed by atoms with E-state index in [2.05, 4.69) is 56.6 Å². The van der Waals surface area contributed by atoms with Gasteiger partial charge in [0.1, 0.15) is 0 Å². The number of hydrazone groups is 1. The molecule has 7 nitrogen and oxygen atoms in total. The van der Waals surface area contributed by atoms with Crippen molar-refractivity contribution in [2.45, 2.75) is 19.0 Å². The van der Waals surface area contributed by atoms with Gasteiger partial charge in [-0.25, -0.2) is 10.5 Å². The molecule has 29 heavy (non-hydrogen) atoms. The van der Waals surface area contributed by atoms with E-state index in [-0.39, 0.29) is 11.5 Å². The summed E-state index contributed by atoms with van der Waals surface area (Å²) in [5.41, 5.74) is 5.69. The Kier molecular flexibility index (Phi) is 7.40. The van der Waals surface area contributed by atoms with Crippen molar-refractivity contribution in [2.75, 3.05) is 29.2 Å². The number of benzene rings is 2. The van der Waals surface area contributed by atoms with E-state index in [0.29, 0.717) is 16.7 Å². The summed E-state index contributed by atoms with van der Waals surface area (Å²) in [6, 6.07) is 17.4. The lowest BCUT2D eigenvalue weighted by molar-refractivity contribution is 0.102. The number of nitrogens with zero attached hydrogens (tertiary/aromatic N) is 4. The summed E-state index contributed by atoms with van der Waals surface area (Å²) in [7, 11) is 0. The number of hydrogen-bond donors (Lipinski definition) is 2. The highest BCUT2D eigenvalue weighted by molar-refractivity contribution is 7.99. The van der Waals surface area contributed by atoms with Crippen LogP contribution in [-0.4, -0.2) is 46.0 Å². The molecule has 1 aromatic heterocycles. The molecule has 0 saturated heterocycles. The number of thioether (sulfide) groups is 1. The summed E-state index contributed by atoms with van der Waals surface area (Å²) >= 11 is 1.28. The maximum absolute atomic E-state index is 12.1. The first kappa shape index (κ1) is 20.6. The minimum Gasteiger partial charge on any atom is -0.372 e. The molecule has 0 amide bonds. The molecule has 2 aromatic carbocycles. The average Bonchev–Trinajstić information content (AvgIpc) is 3.22. The van der Waals surface area contributed by atoms with Crippen molar-refractivity contribution in [1.29, 1.82) is 0 Å². The fourth-order valence-electron chi connectivity index (χ4n) is 2.73. The van der Waals surface area contributed by atoms with Crippen molar-refractivity contribution in [3.63, 3.8) is 0 Å². The van der Waals surface area contributed by atoms with Crippen molar-refractivity contribution in [3.8, 4) is 0 Å². The van der Waals surface area contributed by atoms with Gasteiger partial charge in [-0.15, -0.1) is 5.10 Å². The van der Waals surface area contributed by atoms with E-state index < -0.39 is 0 Å². The van der Waals surface area contributed by atoms with Crippen LogP contribution in [0.2, 0.25) is 0 Å². The van der Waals surface area contributed by atoms with Crippen molar-refractivity contribution in [1.82, 2.24) is 15.2 Å². The monoisotopic (exact) mass is 408 g/mol. The number of carbonyl (C=O) groups is 1. The number of carbonyl (C=O) groups excluding carboxylic acids is 1. The topological polar surface area (TPSA) is 86.3 Å². The summed E-state index contributed by atoms with van der Waals surface area (Å²) in [5.74, 6) is 0.750. The van der Waals surface area contributed by atoms with Crippen LogP contribution in [0.3, 0.4) is 0 Å². The molecule has 0 aliphatic heterocycles. The number of nitrogens with one attached hydrogen (secondary N) is 2. The quantitative estimate of drug-likeness (QED) is 0.228. The fraction of sp³-hybridized carbons (Fsp3) is 0.238. The molecule has 0 fully saturated rings. The third-order valence-electron chi connectivity index (χ3n) is 4.30. The molecule has 3 rings (SSSR count). The Balaban J connectivity index is 1.49. The van der Waals surface area contributed by atoms with Crippen LogP contribution in [0.25, 0.3) is 0 Å². The summed E-state index contributed by atoms with van der Waals surface area (Å²) in [5, 5.41) is 11.5. The van der Waals surface area contributed by atoms with Crippen LogP contribution in [-0.2, 0) is 0 Å². The van der Waals surface area contributed by atoms with E-state index in [1.807, 2.05) is 30.3 Å². The Morgan fingerprint density at radius 1 is 1.14 bits per heavy atom. The molecule has 0 unspecified atom stereocenters. The summed E-state index contributed by atoms with van der Waals surface area (Å²) in [6.07, 6.45) is 1.72. The standard InChI is InChI=1S/C21H24N6OS/c1-3-27(4-2)18-12-10-16(11-13-18)14-22-24-20-23-21(26-25-20)29-15-19(28)17-8-6-5-7-9-17/h5-14H,3-4,15H2,1-2H3,(H2,23,24,25,26)/b22-14-. The molecule has 150 valence electrons. The normalized spacial score (nSPS) is 11.0. The van der Waals surface area contributed by atoms with E-state index in [1.54, 1.807) is 18.3 Å². The molecule has 0 radical (unpaired) electrons. The third kappa shape index (κ3) is 5.92. The van der Waals surface area contributed by atoms with Crippen LogP contribution in [0.5, 0.6) is 0 Å². The van der Waals surface area contributed by atoms with E-state index in [9.17, 15) is 4.79 Å². The third-order valence-corrected chi connectivity index (χ3v) is 5.15. The van der Waals surface area contributed by atoms with Gasteiger partial charge in [0, 0.05) is 24.3 Å². The first-order valence-corrected chi connectivity index (χ1v) is 10.5. The lowest BCUT2D eigenvalue weighted by atomic mass is 10.2. The smallest absolute Gasteiger partial charge is 0.240 e. The fourth-order valence-corrected chi connectivity index (χ4v) is 3.42. The summed E-state index contributed by atoms with van der Waals surface area (Å²) < 4.78 is 0. The highest BCUT2D eigenvalue weighted by Crippen LogP contribution is 2.16. The average molecular weight is 409 g/mol. The highest BCUT2D eigenvalue weighted by atomic mass is 32.2. The predicted octanol–water partition coefficient (Wildman–Crippen LogP) is 4.07. The number of anilines is 2. The number of aromatic nitrogens is 3. The minimum atomic E-state index is 0.0427. The number of ketones is 1. The van der Waals surface area contributed by atoms with Gasteiger partial charge in [-0.3, -0.25) is 4.79 Å². The molecule has 0 aliphatic carbocycles. The first-order valence-electron chi connectivity index (χ1n) is 9.47. The second-order valence-electron chi connectivity index (χ2n) is 6.18. The zero-order valence-corrected chi connectivity index (χ0v) is 17.3. The van der Waals surface area contributed by atoms with Gasteiger partial charge in [0.15, 0.2) is 5.78 Å². The predicted molar refractivity (Wildman–Crippen MR) is 119 cm³/mol. The molecule has 0 atom stereocenters. The highest BCUT2D eigenvalue weighted by Gasteiger charge is 2.09. The van der Waals surface area contributed by atoms with Gasteiger partial charge in [-0.2, -0.15) is 10.1 Å². The maximum atomic E-state index is 12.1. The second kappa shape index (κ2) is 10.4. The van der Waals surface area contributed by atoms with Crippen LogP contribution < -0.4 is 10.3 Å². The maximum Gasteiger partial charge on any atom is 0.240 e. The van der Waals surface area contributed by atoms with Gasteiger partial charge in [0.2, 0.25) is 11.1 Å². The van der Waals surface area contributed by atoms with Gasteiger partial charge in [-0.05, 0) is 31.5 Å². The molecule has 0 spiro atoms. The number of hydrogen-bond acceptors (Lipinski definition) is 7. The molecule has 1 heterocycles. The molecular weight excluding hydrogens is 384 g/mol. The van der Waals surface area contributed by atoms with Crippen LogP contribution in [0, 0.1) is 0 Å². The first-order chi connectivity index (χ1) is 14.2. The van der Waals surface area contributed by atoms with Gasteiger partial charge < -0.3 is 4.90 Å². The summed E-state index contributed by atoms with van der Waals surface area (Å²) in [6.45, 7) is 6.25. The Labute approximate surface area is 174 Å². The number of rotatable bonds is 10. The Morgan fingerprint density at radius 3 is 2.55 bits per heavy atom. The number of H-pyrrole nitrogens is 1. The van der Waals surface area contributed by atoms with Crippen LogP contribution in [0.1, 0.15) is 29.8 Å². The second-order valence-corrected chi connectivity index (χ2v) is 7.12. The van der Waals surface area contributed by atoms with Gasteiger partial charge in [-0.1, -0.05) is 54.2 Å². The zero-order valence-electron chi connectivity index (χ0n) is 16.5. The Hall–Kier alpha value is -3.13. The molecule has 3 aromatic rings. The van der Waals surface area contributed by atoms with Gasteiger partial charge in [0.25, 0.3) is 0 Å². The lowest BCUT2D eigenvalue weighted by Crippen LogP contribution is -2.21. The zero-order chi connectivity index (χ0) is 20.5. The number of aromatic amines is 1. The van der Waals surface area contributed by atoms with Crippen molar-refractivity contribution >= 4 is 35.4 Å². The Morgan fingerprint density at radius 2 is 1.86 bits per heavy atom. The molecule has 8 heteroatoms. The van der Waals surface area contributed by atoms with E-state index >= 15 is 0 Å². The largest absolute Gasteiger partial charge is 0.372 e. The van der Waals surface area contributed by atoms with Gasteiger partial charge in [0.05, 0.1) is 12.0 Å². The molecule has 0 bridgehead atoms. The molecule has 0 aliphatic rings. The minimum absolute atomic E-state index is 0.0427. The van der Waals surface area contributed by atoms with Crippen LogP contribution in [0.4, 0.5) is 11.6 Å². The van der Waals surface area contributed by atoms with Crippen molar-refractivity contribution < 1.29 is 4.79 Å². The van der Waals surface area contributed by atoms with Crippen molar-refractivity contribution in [2.24, 2.45) is 5.10 Å². The van der Waals surface area contributed by atoms with E-state index in [0.717, 1.165) is 18.7 Å². The SMILES string of the molecule is CCN(CC)c1ccc(/C=N\Nc2nc(SCC(=O)c3ccccc3)n[nH]2)cc1.